The largest absolute Gasteiger partial charge is 0.455 e. The molecule has 312 valence electrons. The summed E-state index contributed by atoms with van der Waals surface area (Å²) >= 11 is 0. The Morgan fingerprint density at radius 1 is 0.424 bits per heavy atom. The average molecular weight is 846 g/mol. The molecule has 0 atom stereocenters. The van der Waals surface area contributed by atoms with Gasteiger partial charge in [-0.15, -0.1) is 0 Å². The molecule has 0 radical (unpaired) electrons. The lowest BCUT2D eigenvalue weighted by Gasteiger charge is -2.11. The van der Waals surface area contributed by atoms with Crippen molar-refractivity contribution >= 4 is 38.3 Å². The number of allylic oxidation sites excluding steroid dienone is 5. The number of aromatic nitrogens is 3. The summed E-state index contributed by atoms with van der Waals surface area (Å²) in [6.07, 6.45) is 7.84. The van der Waals surface area contributed by atoms with Gasteiger partial charge in [0.1, 0.15) is 11.2 Å². The summed E-state index contributed by atoms with van der Waals surface area (Å²) in [7, 11) is 0. The van der Waals surface area contributed by atoms with Crippen LogP contribution in [0.5, 0.6) is 0 Å². The molecule has 2 aromatic heterocycles. The molecule has 2 heterocycles. The molecule has 0 aliphatic heterocycles. The molecule has 0 spiro atoms. The molecule has 11 aromatic rings. The van der Waals surface area contributed by atoms with E-state index in [1.54, 1.807) is 6.08 Å². The minimum absolute atomic E-state index is 0.570. The molecular formula is C62H43N3O. The van der Waals surface area contributed by atoms with E-state index in [4.69, 9.17) is 19.4 Å². The molecule has 0 saturated carbocycles. The maximum absolute atomic E-state index is 6.79. The van der Waals surface area contributed by atoms with E-state index in [1.807, 2.05) is 30.4 Å². The molecule has 9 aromatic carbocycles. The zero-order chi connectivity index (χ0) is 44.4. The van der Waals surface area contributed by atoms with E-state index in [9.17, 15) is 0 Å². The van der Waals surface area contributed by atoms with Gasteiger partial charge in [-0.2, -0.15) is 0 Å². The standard InChI is InChI=1S/C62H43N3O/c1-3-4-6-16-41(2)46-21-11-22-48(37-46)44-31-34-45(35-32-44)60-63-61(53-26-13-24-50(40-53)51-36-33-43-19-9-10-20-47(43)38-51)65-62(64-60)56-29-15-30-57-58(56)55-28-14-27-54(59(55)66-57)52-25-12-23-49(39-52)42-17-7-5-8-18-42/h3-40H,1H2,2H3/b6-4-,41-16+. The Labute approximate surface area is 384 Å². The second kappa shape index (κ2) is 17.4. The third-order valence-corrected chi connectivity index (χ3v) is 12.3. The SMILES string of the molecule is C=C/C=C\C=C(/C)c1cccc(-c2ccc(-c3nc(-c4cccc(-c5ccc6ccccc6c5)c4)nc(-c4cccc5oc6c(-c7cccc(-c8ccccc8)c7)cccc6c45)n3)cc2)c1. The summed E-state index contributed by atoms with van der Waals surface area (Å²) < 4.78 is 6.79. The van der Waals surface area contributed by atoms with Crippen LogP contribution in [0.4, 0.5) is 0 Å². The summed E-state index contributed by atoms with van der Waals surface area (Å²) in [5, 5.41) is 4.36. The highest BCUT2D eigenvalue weighted by Gasteiger charge is 2.20. The molecule has 0 saturated heterocycles. The van der Waals surface area contributed by atoms with Gasteiger partial charge in [0.05, 0.1) is 0 Å². The van der Waals surface area contributed by atoms with Gasteiger partial charge in [0.2, 0.25) is 0 Å². The lowest BCUT2D eigenvalue weighted by atomic mass is 9.97. The number of furan rings is 1. The molecule has 11 rings (SSSR count). The van der Waals surface area contributed by atoms with Crippen LogP contribution < -0.4 is 0 Å². The van der Waals surface area contributed by atoms with Crippen molar-refractivity contribution in [3.8, 4) is 78.7 Å². The van der Waals surface area contributed by atoms with E-state index < -0.39 is 0 Å². The molecule has 0 bridgehead atoms. The predicted octanol–water partition coefficient (Wildman–Crippen LogP) is 16.7. The Morgan fingerprint density at radius 3 is 1.80 bits per heavy atom. The lowest BCUT2D eigenvalue weighted by molar-refractivity contribution is 0.670. The number of hydrogen-bond donors (Lipinski definition) is 0. The Kier molecular flexibility index (Phi) is 10.6. The van der Waals surface area contributed by atoms with Gasteiger partial charge in [-0.3, -0.25) is 0 Å². The third kappa shape index (κ3) is 7.82. The van der Waals surface area contributed by atoms with E-state index in [2.05, 4.69) is 208 Å². The molecule has 0 aliphatic rings. The average Bonchev–Trinajstić information content (AvgIpc) is 3.78. The number of para-hydroxylation sites is 1. The van der Waals surface area contributed by atoms with Gasteiger partial charge in [-0.25, -0.2) is 15.0 Å². The Hall–Kier alpha value is -8.73. The van der Waals surface area contributed by atoms with Crippen LogP contribution in [-0.4, -0.2) is 15.0 Å². The van der Waals surface area contributed by atoms with E-state index in [1.165, 1.54) is 21.9 Å². The highest BCUT2D eigenvalue weighted by molar-refractivity contribution is 6.15. The minimum atomic E-state index is 0.570. The highest BCUT2D eigenvalue weighted by atomic mass is 16.3. The first kappa shape index (κ1) is 40.1. The van der Waals surface area contributed by atoms with Crippen LogP contribution in [0.1, 0.15) is 12.5 Å². The predicted molar refractivity (Wildman–Crippen MR) is 276 cm³/mol. The number of fused-ring (bicyclic) bond motifs is 4. The maximum Gasteiger partial charge on any atom is 0.164 e. The highest BCUT2D eigenvalue weighted by Crippen LogP contribution is 2.41. The van der Waals surface area contributed by atoms with Crippen molar-refractivity contribution in [2.45, 2.75) is 6.92 Å². The van der Waals surface area contributed by atoms with E-state index in [-0.39, 0.29) is 0 Å². The molecule has 0 amide bonds. The number of benzene rings is 9. The summed E-state index contributed by atoms with van der Waals surface area (Å²) in [5.41, 5.74) is 15.5. The van der Waals surface area contributed by atoms with Gasteiger partial charge < -0.3 is 4.42 Å². The second-order valence-corrected chi connectivity index (χ2v) is 16.5. The Balaban J connectivity index is 1.04. The fourth-order valence-corrected chi connectivity index (χ4v) is 8.85. The molecule has 4 heteroatoms. The zero-order valence-corrected chi connectivity index (χ0v) is 36.4. The van der Waals surface area contributed by atoms with Crippen molar-refractivity contribution in [3.05, 3.63) is 243 Å². The van der Waals surface area contributed by atoms with Crippen LogP contribution in [0, 0.1) is 0 Å². The molecule has 4 nitrogen and oxygen atoms in total. The van der Waals surface area contributed by atoms with Gasteiger partial charge in [-0.05, 0) is 98.1 Å². The monoisotopic (exact) mass is 845 g/mol. The fraction of sp³-hybridized carbons (Fsp3) is 0.0161. The minimum Gasteiger partial charge on any atom is -0.455 e. The number of nitrogens with zero attached hydrogens (tertiary/aromatic N) is 3. The van der Waals surface area contributed by atoms with Gasteiger partial charge in [0, 0.05) is 33.0 Å². The van der Waals surface area contributed by atoms with E-state index >= 15 is 0 Å². The number of rotatable bonds is 10. The van der Waals surface area contributed by atoms with Crippen LogP contribution in [0.2, 0.25) is 0 Å². The van der Waals surface area contributed by atoms with E-state index in [0.29, 0.717) is 17.5 Å². The lowest BCUT2D eigenvalue weighted by Crippen LogP contribution is -2.00. The van der Waals surface area contributed by atoms with Gasteiger partial charge >= 0.3 is 0 Å². The van der Waals surface area contributed by atoms with Crippen LogP contribution in [0.3, 0.4) is 0 Å². The van der Waals surface area contributed by atoms with Crippen molar-refractivity contribution in [1.29, 1.82) is 0 Å². The van der Waals surface area contributed by atoms with Crippen LogP contribution >= 0.6 is 0 Å². The normalized spacial score (nSPS) is 11.8. The quantitative estimate of drug-likeness (QED) is 0.129. The van der Waals surface area contributed by atoms with Crippen molar-refractivity contribution in [2.75, 3.05) is 0 Å². The molecule has 0 unspecified atom stereocenters. The maximum atomic E-state index is 6.79. The van der Waals surface area contributed by atoms with Gasteiger partial charge in [0.15, 0.2) is 17.5 Å². The number of hydrogen-bond acceptors (Lipinski definition) is 4. The molecule has 0 N–H and O–H groups in total. The molecule has 0 fully saturated rings. The van der Waals surface area contributed by atoms with Crippen molar-refractivity contribution in [1.82, 2.24) is 15.0 Å². The second-order valence-electron chi connectivity index (χ2n) is 16.5. The van der Waals surface area contributed by atoms with Crippen LogP contribution in [-0.2, 0) is 0 Å². The zero-order valence-electron chi connectivity index (χ0n) is 36.4. The topological polar surface area (TPSA) is 51.8 Å². The van der Waals surface area contributed by atoms with Crippen molar-refractivity contribution in [3.63, 3.8) is 0 Å². The first-order valence-electron chi connectivity index (χ1n) is 22.2. The fourth-order valence-electron chi connectivity index (χ4n) is 8.85. The molecule has 0 aliphatic carbocycles. The van der Waals surface area contributed by atoms with Crippen LogP contribution in [0.15, 0.2) is 242 Å². The third-order valence-electron chi connectivity index (χ3n) is 12.3. The summed E-state index contributed by atoms with van der Waals surface area (Å²) in [5.74, 6) is 1.74. The first-order chi connectivity index (χ1) is 32.6. The van der Waals surface area contributed by atoms with Crippen molar-refractivity contribution < 1.29 is 4.42 Å². The molecule has 66 heavy (non-hydrogen) atoms. The van der Waals surface area contributed by atoms with Crippen molar-refractivity contribution in [2.24, 2.45) is 0 Å². The van der Waals surface area contributed by atoms with E-state index in [0.717, 1.165) is 83.1 Å². The smallest absolute Gasteiger partial charge is 0.164 e. The van der Waals surface area contributed by atoms with Gasteiger partial charge in [0.25, 0.3) is 0 Å². The molecular weight excluding hydrogens is 803 g/mol. The van der Waals surface area contributed by atoms with Crippen LogP contribution in [0.25, 0.3) is 117 Å². The summed E-state index contributed by atoms with van der Waals surface area (Å²) in [4.78, 5) is 15.8. The van der Waals surface area contributed by atoms with Gasteiger partial charge in [-0.1, -0.05) is 207 Å². The Morgan fingerprint density at radius 2 is 0.985 bits per heavy atom. The summed E-state index contributed by atoms with van der Waals surface area (Å²) in [6.45, 7) is 5.91. The summed E-state index contributed by atoms with van der Waals surface area (Å²) in [6, 6.07) is 72.3. The Bertz CT molecular complexity index is 3670. The first-order valence-corrected chi connectivity index (χ1v) is 22.2.